The maximum Gasteiger partial charge on any atom is 0.255 e. The van der Waals surface area contributed by atoms with Crippen molar-refractivity contribution >= 4 is 27.4 Å². The first-order valence-corrected chi connectivity index (χ1v) is 7.11. The summed E-state index contributed by atoms with van der Waals surface area (Å²) in [7, 11) is -3.68. The SMILES string of the molecule is Nc1ncc(S(=O)(=O)NN2CCOCC2)cc1Cl. The summed E-state index contributed by atoms with van der Waals surface area (Å²) in [6.07, 6.45) is 1.17. The van der Waals surface area contributed by atoms with Crippen molar-refractivity contribution in [3.63, 3.8) is 0 Å². The zero-order valence-corrected chi connectivity index (χ0v) is 11.0. The van der Waals surface area contributed by atoms with Gasteiger partial charge in [-0.1, -0.05) is 11.6 Å². The van der Waals surface area contributed by atoms with Crippen LogP contribution in [0.3, 0.4) is 0 Å². The number of morpholine rings is 1. The van der Waals surface area contributed by atoms with E-state index in [1.807, 2.05) is 0 Å². The van der Waals surface area contributed by atoms with Crippen LogP contribution in [0.4, 0.5) is 5.82 Å². The second kappa shape index (κ2) is 5.37. The van der Waals surface area contributed by atoms with Crippen molar-refractivity contribution in [1.82, 2.24) is 14.8 Å². The molecule has 0 unspecified atom stereocenters. The Bertz CT molecular complexity index is 531. The van der Waals surface area contributed by atoms with Crippen LogP contribution in [0.15, 0.2) is 17.2 Å². The average molecular weight is 293 g/mol. The highest BCUT2D eigenvalue weighted by Gasteiger charge is 2.21. The van der Waals surface area contributed by atoms with E-state index in [2.05, 4.69) is 9.82 Å². The number of anilines is 1. The molecule has 0 aliphatic carbocycles. The van der Waals surface area contributed by atoms with Gasteiger partial charge in [-0.15, -0.1) is 4.83 Å². The van der Waals surface area contributed by atoms with Crippen LogP contribution in [0.25, 0.3) is 0 Å². The molecule has 0 amide bonds. The first kappa shape index (κ1) is 13.5. The lowest BCUT2D eigenvalue weighted by Crippen LogP contribution is -2.48. The fourth-order valence-corrected chi connectivity index (χ4v) is 2.78. The molecule has 3 N–H and O–H groups in total. The molecule has 7 nitrogen and oxygen atoms in total. The highest BCUT2D eigenvalue weighted by atomic mass is 35.5. The zero-order valence-electron chi connectivity index (χ0n) is 9.47. The number of nitrogens with one attached hydrogen (secondary N) is 1. The van der Waals surface area contributed by atoms with Crippen LogP contribution in [0, 0.1) is 0 Å². The van der Waals surface area contributed by atoms with Crippen molar-refractivity contribution in [2.45, 2.75) is 4.90 Å². The molecule has 18 heavy (non-hydrogen) atoms. The van der Waals surface area contributed by atoms with E-state index in [1.54, 1.807) is 5.01 Å². The molecule has 9 heteroatoms. The molecule has 0 atom stereocenters. The molecule has 1 aliphatic rings. The number of aromatic nitrogens is 1. The first-order chi connectivity index (χ1) is 8.49. The lowest BCUT2D eigenvalue weighted by Gasteiger charge is -2.26. The van der Waals surface area contributed by atoms with Crippen molar-refractivity contribution in [2.24, 2.45) is 0 Å². The van der Waals surface area contributed by atoms with E-state index in [0.717, 1.165) is 0 Å². The van der Waals surface area contributed by atoms with Gasteiger partial charge in [0.15, 0.2) is 0 Å². The zero-order chi connectivity index (χ0) is 13.2. The van der Waals surface area contributed by atoms with E-state index in [4.69, 9.17) is 22.1 Å². The summed E-state index contributed by atoms with van der Waals surface area (Å²) in [5, 5.41) is 1.68. The van der Waals surface area contributed by atoms with Gasteiger partial charge in [-0.05, 0) is 6.07 Å². The smallest absolute Gasteiger partial charge is 0.255 e. The van der Waals surface area contributed by atoms with Gasteiger partial charge in [0.1, 0.15) is 10.7 Å². The van der Waals surface area contributed by atoms with Crippen LogP contribution in [0.1, 0.15) is 0 Å². The summed E-state index contributed by atoms with van der Waals surface area (Å²) in [5.41, 5.74) is 5.43. The summed E-state index contributed by atoms with van der Waals surface area (Å²) in [6, 6.07) is 1.27. The van der Waals surface area contributed by atoms with E-state index in [9.17, 15) is 8.42 Å². The third-order valence-corrected chi connectivity index (χ3v) is 4.06. The van der Waals surface area contributed by atoms with Crippen LogP contribution in [-0.2, 0) is 14.8 Å². The van der Waals surface area contributed by atoms with Crippen LogP contribution in [0.5, 0.6) is 0 Å². The number of hydrogen-bond acceptors (Lipinski definition) is 6. The maximum absolute atomic E-state index is 12.0. The van der Waals surface area contributed by atoms with Gasteiger partial charge in [-0.3, -0.25) is 0 Å². The van der Waals surface area contributed by atoms with Gasteiger partial charge in [0, 0.05) is 19.3 Å². The number of nitrogens with two attached hydrogens (primary N) is 1. The molecule has 1 aromatic heterocycles. The van der Waals surface area contributed by atoms with Crippen LogP contribution in [0.2, 0.25) is 5.02 Å². The molecule has 2 rings (SSSR count). The second-order valence-corrected chi connectivity index (χ2v) is 5.80. The highest BCUT2D eigenvalue weighted by Crippen LogP contribution is 2.19. The molecule has 1 aromatic rings. The van der Waals surface area contributed by atoms with E-state index < -0.39 is 10.0 Å². The molecule has 1 saturated heterocycles. The summed E-state index contributed by atoms with van der Waals surface area (Å²) in [4.78, 5) is 6.15. The number of nitrogen functional groups attached to an aromatic ring is 1. The van der Waals surface area contributed by atoms with Gasteiger partial charge < -0.3 is 10.5 Å². The number of sulfonamides is 1. The summed E-state index contributed by atoms with van der Waals surface area (Å²) in [6.45, 7) is 1.97. The number of ether oxygens (including phenoxy) is 1. The third kappa shape index (κ3) is 3.09. The Labute approximate surface area is 110 Å². The summed E-state index contributed by atoms with van der Waals surface area (Å²) >= 11 is 5.75. The predicted molar refractivity (Wildman–Crippen MR) is 66.4 cm³/mol. The van der Waals surface area contributed by atoms with Gasteiger partial charge in [0.2, 0.25) is 0 Å². The average Bonchev–Trinajstić information content (AvgIpc) is 2.33. The van der Waals surface area contributed by atoms with Crippen molar-refractivity contribution in [1.29, 1.82) is 0 Å². The predicted octanol–water partition coefficient (Wildman–Crippen LogP) is -0.157. The number of rotatable bonds is 3. The molecule has 2 heterocycles. The molecule has 0 aromatic carbocycles. The van der Waals surface area contributed by atoms with Gasteiger partial charge >= 0.3 is 0 Å². The quantitative estimate of drug-likeness (QED) is 0.803. The number of hydrogen-bond donors (Lipinski definition) is 2. The molecule has 100 valence electrons. The van der Waals surface area contributed by atoms with Crippen molar-refractivity contribution in [3.05, 3.63) is 17.3 Å². The number of pyridine rings is 1. The normalized spacial score (nSPS) is 17.8. The number of halogens is 1. The monoisotopic (exact) mass is 292 g/mol. The molecule has 0 radical (unpaired) electrons. The molecule has 0 saturated carbocycles. The minimum atomic E-state index is -3.68. The van der Waals surface area contributed by atoms with E-state index in [-0.39, 0.29) is 15.7 Å². The summed E-state index contributed by atoms with van der Waals surface area (Å²) in [5.74, 6) is 0.0991. The third-order valence-electron chi connectivity index (χ3n) is 2.42. The first-order valence-electron chi connectivity index (χ1n) is 5.25. The Kier molecular flexibility index (Phi) is 4.03. The molecule has 1 fully saturated rings. The van der Waals surface area contributed by atoms with E-state index in [0.29, 0.717) is 26.3 Å². The number of nitrogens with zero attached hydrogens (tertiary/aromatic N) is 2. The molecular formula is C9H13ClN4O3S. The Morgan fingerprint density at radius 3 is 2.72 bits per heavy atom. The van der Waals surface area contributed by atoms with Crippen molar-refractivity contribution in [2.75, 3.05) is 32.0 Å². The van der Waals surface area contributed by atoms with E-state index >= 15 is 0 Å². The molecule has 1 aliphatic heterocycles. The highest BCUT2D eigenvalue weighted by molar-refractivity contribution is 7.89. The molecule has 0 spiro atoms. The molecule has 0 bridgehead atoms. The fourth-order valence-electron chi connectivity index (χ4n) is 1.46. The lowest BCUT2D eigenvalue weighted by molar-refractivity contribution is 0.0272. The fraction of sp³-hybridized carbons (Fsp3) is 0.444. The largest absolute Gasteiger partial charge is 0.382 e. The topological polar surface area (TPSA) is 97.5 Å². The number of hydrazine groups is 1. The lowest BCUT2D eigenvalue weighted by atomic mass is 10.5. The van der Waals surface area contributed by atoms with Gasteiger partial charge in [-0.25, -0.2) is 18.4 Å². The van der Waals surface area contributed by atoms with Crippen molar-refractivity contribution in [3.8, 4) is 0 Å². The van der Waals surface area contributed by atoms with E-state index in [1.165, 1.54) is 12.3 Å². The minimum absolute atomic E-state index is 0.0202. The standard InChI is InChI=1S/C9H13ClN4O3S/c10-8-5-7(6-12-9(8)11)18(15,16)13-14-1-3-17-4-2-14/h5-6,13H,1-4H2,(H2,11,12). The Morgan fingerprint density at radius 2 is 2.11 bits per heavy atom. The Hall–Kier alpha value is -0.930. The minimum Gasteiger partial charge on any atom is -0.382 e. The maximum atomic E-state index is 12.0. The second-order valence-electron chi connectivity index (χ2n) is 3.73. The van der Waals surface area contributed by atoms with Gasteiger partial charge in [-0.2, -0.15) is 0 Å². The Balaban J connectivity index is 2.16. The summed E-state index contributed by atoms with van der Waals surface area (Å²) < 4.78 is 29.2. The van der Waals surface area contributed by atoms with Crippen molar-refractivity contribution < 1.29 is 13.2 Å². The molecular weight excluding hydrogens is 280 g/mol. The van der Waals surface area contributed by atoms with Gasteiger partial charge in [0.05, 0.1) is 18.2 Å². The Morgan fingerprint density at radius 1 is 1.44 bits per heavy atom. The van der Waals surface area contributed by atoms with Gasteiger partial charge in [0.25, 0.3) is 10.0 Å². The van der Waals surface area contributed by atoms with Crippen LogP contribution >= 0.6 is 11.6 Å². The van der Waals surface area contributed by atoms with Crippen LogP contribution < -0.4 is 10.6 Å². The van der Waals surface area contributed by atoms with Crippen LogP contribution in [-0.4, -0.2) is 44.7 Å².